The number of hydrogen-bond acceptors (Lipinski definition) is 2. The van der Waals surface area contributed by atoms with Crippen LogP contribution in [0.5, 0.6) is 5.75 Å². The molecule has 0 aliphatic carbocycles. The van der Waals surface area contributed by atoms with Gasteiger partial charge >= 0.3 is 6.18 Å². The lowest BCUT2D eigenvalue weighted by molar-refractivity contribution is -0.137. The monoisotopic (exact) mass is 395 g/mol. The molecular weight excluding hydrogens is 374 g/mol. The van der Waals surface area contributed by atoms with Crippen molar-refractivity contribution >= 4 is 12.0 Å². The van der Waals surface area contributed by atoms with Crippen molar-refractivity contribution in [1.82, 2.24) is 5.32 Å². The van der Waals surface area contributed by atoms with Gasteiger partial charge in [-0.3, -0.25) is 4.79 Å². The first-order chi connectivity index (χ1) is 13.1. The van der Waals surface area contributed by atoms with Gasteiger partial charge in [-0.2, -0.15) is 13.2 Å². The van der Waals surface area contributed by atoms with Crippen molar-refractivity contribution < 1.29 is 27.1 Å². The highest BCUT2D eigenvalue weighted by atomic mass is 19.4. The molecule has 0 spiro atoms. The van der Waals surface area contributed by atoms with Crippen LogP contribution < -0.4 is 10.1 Å². The van der Waals surface area contributed by atoms with E-state index in [2.05, 4.69) is 5.32 Å². The number of carbonyl (C=O) groups excluding carboxylic acids is 1. The molecule has 2 aromatic rings. The van der Waals surface area contributed by atoms with E-state index >= 15 is 0 Å². The van der Waals surface area contributed by atoms with Crippen molar-refractivity contribution in [1.29, 1.82) is 0 Å². The van der Waals surface area contributed by atoms with Crippen molar-refractivity contribution in [2.24, 2.45) is 0 Å². The van der Waals surface area contributed by atoms with Crippen LogP contribution in [0.4, 0.5) is 17.6 Å². The van der Waals surface area contributed by atoms with Gasteiger partial charge in [0, 0.05) is 11.6 Å². The predicted octanol–water partition coefficient (Wildman–Crippen LogP) is 5.44. The first-order valence-electron chi connectivity index (χ1n) is 8.70. The zero-order valence-electron chi connectivity index (χ0n) is 15.7. The number of rotatable bonds is 6. The highest BCUT2D eigenvalue weighted by Crippen LogP contribution is 2.33. The number of halogens is 4. The van der Waals surface area contributed by atoms with Crippen LogP contribution in [0.3, 0.4) is 0 Å². The SMILES string of the molecule is CCOc1cc(C(F)(F)F)ccc1/C=C/C(=O)N[C@H](C)c1ccc(C)c(F)c1. The second kappa shape index (κ2) is 8.91. The quantitative estimate of drug-likeness (QED) is 0.522. The highest BCUT2D eigenvalue weighted by Gasteiger charge is 2.31. The number of alkyl halides is 3. The van der Waals surface area contributed by atoms with Gasteiger partial charge in [-0.05, 0) is 56.2 Å². The Morgan fingerprint density at radius 1 is 1.21 bits per heavy atom. The average Bonchev–Trinajstić information content (AvgIpc) is 2.62. The van der Waals surface area contributed by atoms with Crippen LogP contribution in [0, 0.1) is 12.7 Å². The summed E-state index contributed by atoms with van der Waals surface area (Å²) in [6, 6.07) is 7.33. The summed E-state index contributed by atoms with van der Waals surface area (Å²) in [6.07, 6.45) is -1.90. The summed E-state index contributed by atoms with van der Waals surface area (Å²) < 4.78 is 57.5. The third-order valence-electron chi connectivity index (χ3n) is 4.11. The molecule has 0 unspecified atom stereocenters. The lowest BCUT2D eigenvalue weighted by atomic mass is 10.1. The number of nitrogens with one attached hydrogen (secondary N) is 1. The molecule has 0 bridgehead atoms. The summed E-state index contributed by atoms with van der Waals surface area (Å²) >= 11 is 0. The first kappa shape index (κ1) is 21.5. The Bertz CT molecular complexity index is 875. The van der Waals surface area contributed by atoms with E-state index in [0.717, 1.165) is 12.1 Å². The van der Waals surface area contributed by atoms with Crippen LogP contribution in [0.1, 0.15) is 42.1 Å². The van der Waals surface area contributed by atoms with Crippen molar-refractivity contribution in [3.8, 4) is 5.75 Å². The van der Waals surface area contributed by atoms with E-state index in [4.69, 9.17) is 4.74 Å². The van der Waals surface area contributed by atoms with Gasteiger partial charge < -0.3 is 10.1 Å². The Morgan fingerprint density at radius 2 is 1.93 bits per heavy atom. The van der Waals surface area contributed by atoms with Gasteiger partial charge in [-0.15, -0.1) is 0 Å². The number of hydrogen-bond donors (Lipinski definition) is 1. The van der Waals surface area contributed by atoms with E-state index in [1.165, 1.54) is 24.3 Å². The van der Waals surface area contributed by atoms with E-state index in [9.17, 15) is 22.4 Å². The fourth-order valence-corrected chi connectivity index (χ4v) is 2.52. The normalized spacial score (nSPS) is 12.8. The molecule has 2 rings (SSSR count). The number of benzene rings is 2. The lowest BCUT2D eigenvalue weighted by Crippen LogP contribution is -2.24. The number of ether oxygens (including phenoxy) is 1. The zero-order valence-corrected chi connectivity index (χ0v) is 15.7. The van der Waals surface area contributed by atoms with E-state index in [0.29, 0.717) is 16.7 Å². The van der Waals surface area contributed by atoms with Gasteiger partial charge in [-0.1, -0.05) is 18.2 Å². The third kappa shape index (κ3) is 5.58. The molecule has 0 saturated heterocycles. The first-order valence-corrected chi connectivity index (χ1v) is 8.70. The van der Waals surface area contributed by atoms with Crippen molar-refractivity contribution in [3.05, 3.63) is 70.5 Å². The summed E-state index contributed by atoms with van der Waals surface area (Å²) in [6.45, 7) is 5.19. The molecule has 0 radical (unpaired) electrons. The van der Waals surface area contributed by atoms with Gasteiger partial charge in [0.05, 0.1) is 18.2 Å². The molecular formula is C21H21F4NO2. The zero-order chi connectivity index (χ0) is 20.9. The molecule has 150 valence electrons. The molecule has 0 heterocycles. The second-order valence-electron chi connectivity index (χ2n) is 6.26. The molecule has 2 aromatic carbocycles. The summed E-state index contributed by atoms with van der Waals surface area (Å²) in [7, 11) is 0. The van der Waals surface area contributed by atoms with Gasteiger partial charge in [0.1, 0.15) is 11.6 Å². The molecule has 0 aliphatic heterocycles. The molecule has 1 atom stereocenters. The fourth-order valence-electron chi connectivity index (χ4n) is 2.52. The minimum Gasteiger partial charge on any atom is -0.493 e. The average molecular weight is 395 g/mol. The van der Waals surface area contributed by atoms with Gasteiger partial charge in [0.25, 0.3) is 0 Å². The van der Waals surface area contributed by atoms with Crippen molar-refractivity contribution in [2.75, 3.05) is 6.61 Å². The van der Waals surface area contributed by atoms with E-state index < -0.39 is 23.7 Å². The standard InChI is InChI=1S/C21H21F4NO2/c1-4-28-19-12-17(21(23,24)25)9-7-15(19)8-10-20(27)26-14(3)16-6-5-13(2)18(22)11-16/h5-12,14H,4H2,1-3H3,(H,26,27)/b10-8+/t14-/m1/s1. The molecule has 28 heavy (non-hydrogen) atoms. The highest BCUT2D eigenvalue weighted by molar-refractivity contribution is 5.92. The fraction of sp³-hybridized carbons (Fsp3) is 0.286. The van der Waals surface area contributed by atoms with Crippen molar-refractivity contribution in [2.45, 2.75) is 33.0 Å². The van der Waals surface area contributed by atoms with Crippen LogP contribution in [-0.2, 0) is 11.0 Å². The number of carbonyl (C=O) groups is 1. The summed E-state index contributed by atoms with van der Waals surface area (Å²) in [5.74, 6) is -0.786. The number of aryl methyl sites for hydroxylation is 1. The molecule has 0 fully saturated rings. The summed E-state index contributed by atoms with van der Waals surface area (Å²) in [4.78, 5) is 12.1. The Hall–Kier alpha value is -2.83. The number of amides is 1. The van der Waals surface area contributed by atoms with Crippen LogP contribution in [-0.4, -0.2) is 12.5 Å². The summed E-state index contributed by atoms with van der Waals surface area (Å²) in [5.41, 5.74) is 0.633. The van der Waals surface area contributed by atoms with Gasteiger partial charge in [-0.25, -0.2) is 4.39 Å². The molecule has 0 aliphatic rings. The largest absolute Gasteiger partial charge is 0.493 e. The Labute approximate surface area is 161 Å². The molecule has 0 aromatic heterocycles. The maximum atomic E-state index is 13.7. The Morgan fingerprint density at radius 3 is 2.54 bits per heavy atom. The van der Waals surface area contributed by atoms with E-state index in [1.54, 1.807) is 32.9 Å². The second-order valence-corrected chi connectivity index (χ2v) is 6.26. The minimum absolute atomic E-state index is 0.0371. The third-order valence-corrected chi connectivity index (χ3v) is 4.11. The van der Waals surface area contributed by atoms with Crippen LogP contribution >= 0.6 is 0 Å². The summed E-state index contributed by atoms with van der Waals surface area (Å²) in [5, 5.41) is 2.69. The van der Waals surface area contributed by atoms with Gasteiger partial charge in [0.15, 0.2) is 0 Å². The minimum atomic E-state index is -4.48. The Balaban J connectivity index is 2.13. The molecule has 1 N–H and O–H groups in total. The lowest BCUT2D eigenvalue weighted by Gasteiger charge is -2.14. The van der Waals surface area contributed by atoms with Crippen molar-refractivity contribution in [3.63, 3.8) is 0 Å². The smallest absolute Gasteiger partial charge is 0.416 e. The molecule has 7 heteroatoms. The van der Waals surface area contributed by atoms with Crippen LogP contribution in [0.25, 0.3) is 6.08 Å². The van der Waals surface area contributed by atoms with Crippen LogP contribution in [0.2, 0.25) is 0 Å². The topological polar surface area (TPSA) is 38.3 Å². The molecule has 0 saturated carbocycles. The maximum absolute atomic E-state index is 13.7. The maximum Gasteiger partial charge on any atom is 0.416 e. The molecule has 3 nitrogen and oxygen atoms in total. The Kier molecular flexibility index (Phi) is 6.83. The van der Waals surface area contributed by atoms with E-state index in [-0.39, 0.29) is 18.2 Å². The van der Waals surface area contributed by atoms with Crippen LogP contribution in [0.15, 0.2) is 42.5 Å². The van der Waals surface area contributed by atoms with E-state index in [1.807, 2.05) is 0 Å². The van der Waals surface area contributed by atoms with Gasteiger partial charge in [0.2, 0.25) is 5.91 Å². The predicted molar refractivity (Wildman–Crippen MR) is 99.3 cm³/mol. The molecule has 1 amide bonds.